The number of thioether (sulfide) groups is 1. The van der Waals surface area contributed by atoms with E-state index in [2.05, 4.69) is 39.2 Å². The van der Waals surface area contributed by atoms with Crippen molar-refractivity contribution in [1.82, 2.24) is 15.0 Å². The molecule has 0 amide bonds. The van der Waals surface area contributed by atoms with Crippen LogP contribution in [0.25, 0.3) is 10.3 Å². The third-order valence-electron chi connectivity index (χ3n) is 2.76. The Kier molecular flexibility index (Phi) is 3.45. The highest BCUT2D eigenvalue weighted by molar-refractivity contribution is 8.00. The number of fused-ring (bicyclic) bond motifs is 1. The van der Waals surface area contributed by atoms with Gasteiger partial charge in [0.2, 0.25) is 0 Å². The minimum atomic E-state index is -0.525. The third kappa shape index (κ3) is 2.68. The van der Waals surface area contributed by atoms with E-state index in [4.69, 9.17) is 0 Å². The molecule has 7 heteroatoms. The molecule has 0 saturated heterocycles. The van der Waals surface area contributed by atoms with Crippen LogP contribution in [0.5, 0.6) is 0 Å². The first-order valence-corrected chi connectivity index (χ1v) is 7.73. The molecule has 0 aliphatic heterocycles. The molecule has 0 atom stereocenters. The van der Waals surface area contributed by atoms with Crippen molar-refractivity contribution in [1.29, 1.82) is 0 Å². The van der Waals surface area contributed by atoms with E-state index in [-0.39, 0.29) is 5.56 Å². The minimum absolute atomic E-state index is 0.357. The standard InChI is InChI=1S/C13H11N3O2S2/c1-7-2-4-8(5-3-7)6-19-13-15-10-9(20-13)11(17)16-12(18)14-10/h2-5H,6H2,1H3,(H2,14,16,17,18). The molecule has 102 valence electrons. The lowest BCUT2D eigenvalue weighted by Gasteiger charge is -1.99. The van der Waals surface area contributed by atoms with Crippen LogP contribution in [0.2, 0.25) is 0 Å². The molecule has 0 saturated carbocycles. The van der Waals surface area contributed by atoms with E-state index < -0.39 is 5.69 Å². The van der Waals surface area contributed by atoms with Gasteiger partial charge in [0.15, 0.2) is 9.99 Å². The molecule has 0 radical (unpaired) electrons. The van der Waals surface area contributed by atoms with Gasteiger partial charge in [-0.2, -0.15) is 0 Å². The van der Waals surface area contributed by atoms with Gasteiger partial charge in [-0.15, -0.1) is 11.3 Å². The second-order valence-electron chi connectivity index (χ2n) is 4.34. The van der Waals surface area contributed by atoms with Crippen LogP contribution in [-0.4, -0.2) is 15.0 Å². The number of aryl methyl sites for hydroxylation is 1. The Morgan fingerprint density at radius 1 is 1.20 bits per heavy atom. The van der Waals surface area contributed by atoms with Gasteiger partial charge in [-0.25, -0.2) is 9.78 Å². The van der Waals surface area contributed by atoms with E-state index in [0.29, 0.717) is 10.3 Å². The Bertz CT molecular complexity index is 862. The summed E-state index contributed by atoms with van der Waals surface area (Å²) in [5.74, 6) is 0.780. The zero-order chi connectivity index (χ0) is 14.1. The molecule has 3 rings (SSSR count). The smallest absolute Gasteiger partial charge is 0.291 e. The van der Waals surface area contributed by atoms with Gasteiger partial charge in [0, 0.05) is 5.75 Å². The number of benzene rings is 1. The van der Waals surface area contributed by atoms with Crippen LogP contribution in [0.3, 0.4) is 0 Å². The predicted octanol–water partition coefficient (Wildman–Crippen LogP) is 2.27. The summed E-state index contributed by atoms with van der Waals surface area (Å²) < 4.78 is 1.23. The molecule has 20 heavy (non-hydrogen) atoms. The number of nitrogens with zero attached hydrogens (tertiary/aromatic N) is 1. The van der Waals surface area contributed by atoms with Crippen molar-refractivity contribution in [3.05, 3.63) is 56.2 Å². The van der Waals surface area contributed by atoms with E-state index in [1.807, 2.05) is 6.92 Å². The van der Waals surface area contributed by atoms with Crippen molar-refractivity contribution in [2.24, 2.45) is 0 Å². The van der Waals surface area contributed by atoms with Crippen LogP contribution in [0.15, 0.2) is 38.2 Å². The van der Waals surface area contributed by atoms with E-state index in [9.17, 15) is 9.59 Å². The molecule has 5 nitrogen and oxygen atoms in total. The fourth-order valence-corrected chi connectivity index (χ4v) is 3.68. The maximum Gasteiger partial charge on any atom is 0.327 e. The number of H-pyrrole nitrogens is 2. The molecule has 0 aliphatic carbocycles. The van der Waals surface area contributed by atoms with Crippen LogP contribution in [-0.2, 0) is 5.75 Å². The highest BCUT2D eigenvalue weighted by Gasteiger charge is 2.09. The van der Waals surface area contributed by atoms with E-state index >= 15 is 0 Å². The molecular formula is C13H11N3O2S2. The highest BCUT2D eigenvalue weighted by atomic mass is 32.2. The summed E-state index contributed by atoms with van der Waals surface area (Å²) >= 11 is 2.85. The quantitative estimate of drug-likeness (QED) is 0.728. The molecule has 0 unspecified atom stereocenters. The summed E-state index contributed by atoms with van der Waals surface area (Å²) in [6.45, 7) is 2.05. The van der Waals surface area contributed by atoms with Crippen molar-refractivity contribution in [2.45, 2.75) is 17.0 Å². The number of rotatable bonds is 3. The lowest BCUT2D eigenvalue weighted by molar-refractivity contribution is 1.06. The van der Waals surface area contributed by atoms with Crippen molar-refractivity contribution >= 4 is 33.4 Å². The van der Waals surface area contributed by atoms with Crippen molar-refractivity contribution in [3.63, 3.8) is 0 Å². The van der Waals surface area contributed by atoms with Crippen LogP contribution >= 0.6 is 23.1 Å². The Morgan fingerprint density at radius 3 is 2.70 bits per heavy atom. The summed E-state index contributed by atoms with van der Waals surface area (Å²) in [6, 6.07) is 8.28. The van der Waals surface area contributed by atoms with Gasteiger partial charge in [-0.05, 0) is 12.5 Å². The maximum atomic E-state index is 11.6. The van der Waals surface area contributed by atoms with Gasteiger partial charge in [0.25, 0.3) is 5.56 Å². The fraction of sp³-hybridized carbons (Fsp3) is 0.154. The van der Waals surface area contributed by atoms with Crippen molar-refractivity contribution in [2.75, 3.05) is 0 Å². The number of hydrogen-bond acceptors (Lipinski definition) is 5. The molecule has 1 aromatic carbocycles. The summed E-state index contributed by atoms with van der Waals surface area (Å²) in [5, 5.41) is 0. The molecular weight excluding hydrogens is 294 g/mol. The SMILES string of the molecule is Cc1ccc(CSc2nc3[nH]c(=O)[nH]c(=O)c3s2)cc1. The zero-order valence-electron chi connectivity index (χ0n) is 10.6. The molecule has 0 fully saturated rings. The average molecular weight is 305 g/mol. The average Bonchev–Trinajstić information content (AvgIpc) is 2.81. The molecule has 3 aromatic rings. The van der Waals surface area contributed by atoms with Gasteiger partial charge < -0.3 is 0 Å². The Labute approximate surface area is 122 Å². The summed E-state index contributed by atoms with van der Waals surface area (Å²) in [6.07, 6.45) is 0. The van der Waals surface area contributed by atoms with Crippen molar-refractivity contribution in [3.8, 4) is 0 Å². The first kappa shape index (κ1) is 13.1. The predicted molar refractivity (Wildman–Crippen MR) is 81.6 cm³/mol. The highest BCUT2D eigenvalue weighted by Crippen LogP contribution is 2.28. The number of hydrogen-bond donors (Lipinski definition) is 2. The summed E-state index contributed by atoms with van der Waals surface area (Å²) in [7, 11) is 0. The van der Waals surface area contributed by atoms with Crippen LogP contribution in [0.4, 0.5) is 0 Å². The fourth-order valence-electron chi connectivity index (χ4n) is 1.73. The number of aromatic nitrogens is 3. The second kappa shape index (κ2) is 5.26. The van der Waals surface area contributed by atoms with Crippen LogP contribution in [0, 0.1) is 6.92 Å². The Hall–Kier alpha value is -1.86. The molecule has 0 bridgehead atoms. The van der Waals surface area contributed by atoms with Gasteiger partial charge in [0.05, 0.1) is 0 Å². The first-order chi connectivity index (χ1) is 9.61. The lowest BCUT2D eigenvalue weighted by Crippen LogP contribution is -2.20. The minimum Gasteiger partial charge on any atom is -0.291 e. The second-order valence-corrected chi connectivity index (χ2v) is 6.56. The van der Waals surface area contributed by atoms with Crippen LogP contribution in [0.1, 0.15) is 11.1 Å². The molecule has 2 aromatic heterocycles. The monoisotopic (exact) mass is 305 g/mol. The van der Waals surface area contributed by atoms with E-state index in [1.54, 1.807) is 11.8 Å². The number of nitrogens with one attached hydrogen (secondary N) is 2. The zero-order valence-corrected chi connectivity index (χ0v) is 12.2. The van der Waals surface area contributed by atoms with Gasteiger partial charge in [-0.1, -0.05) is 41.6 Å². The third-order valence-corrected chi connectivity index (χ3v) is 5.02. The van der Waals surface area contributed by atoms with E-state index in [1.165, 1.54) is 22.5 Å². The molecule has 2 N–H and O–H groups in total. The normalized spacial score (nSPS) is 11.1. The maximum absolute atomic E-state index is 11.6. The first-order valence-electron chi connectivity index (χ1n) is 5.93. The van der Waals surface area contributed by atoms with E-state index in [0.717, 1.165) is 10.1 Å². The Balaban J connectivity index is 1.84. The van der Waals surface area contributed by atoms with Gasteiger partial charge in [0.1, 0.15) is 4.70 Å². The van der Waals surface area contributed by atoms with Crippen molar-refractivity contribution < 1.29 is 0 Å². The summed E-state index contributed by atoms with van der Waals surface area (Å²) in [4.78, 5) is 31.8. The number of aromatic amines is 2. The molecule has 0 spiro atoms. The Morgan fingerprint density at radius 2 is 1.95 bits per heavy atom. The molecule has 0 aliphatic rings. The van der Waals surface area contributed by atoms with Crippen LogP contribution < -0.4 is 11.2 Å². The molecule has 2 heterocycles. The lowest BCUT2D eigenvalue weighted by atomic mass is 10.2. The largest absolute Gasteiger partial charge is 0.327 e. The number of thiazole rings is 1. The van der Waals surface area contributed by atoms with Gasteiger partial charge in [-0.3, -0.25) is 14.8 Å². The summed E-state index contributed by atoms with van der Waals surface area (Å²) in [5.41, 5.74) is 1.87. The van der Waals surface area contributed by atoms with Gasteiger partial charge >= 0.3 is 5.69 Å². The topological polar surface area (TPSA) is 78.6 Å².